The van der Waals surface area contributed by atoms with Crippen molar-refractivity contribution >= 4 is 5.96 Å². The fourth-order valence-electron chi connectivity index (χ4n) is 4.37. The Kier molecular flexibility index (Phi) is 7.93. The van der Waals surface area contributed by atoms with Gasteiger partial charge in [-0.2, -0.15) is 0 Å². The number of nitrogens with zero attached hydrogens (tertiary/aromatic N) is 4. The standard InChI is InChI=1S/C26H34N6/c1-27-26(30-19-24-13-8-17-31(24)20-22-9-4-2-5-10-22)29-15-14-25-28-16-18-32(25)21-23-11-6-3-7-12-23/h2-7,9-12,16,18,24H,8,13-15,17,19-21H2,1H3,(H2,27,29,30). The zero-order valence-corrected chi connectivity index (χ0v) is 19.0. The number of guanidine groups is 1. The fraction of sp³-hybridized carbons (Fsp3) is 0.385. The molecule has 1 aliphatic heterocycles. The predicted octanol–water partition coefficient (Wildman–Crippen LogP) is 3.30. The van der Waals surface area contributed by atoms with Crippen molar-refractivity contribution in [1.29, 1.82) is 0 Å². The van der Waals surface area contributed by atoms with Crippen LogP contribution in [0, 0.1) is 0 Å². The number of imidazole rings is 1. The van der Waals surface area contributed by atoms with E-state index < -0.39 is 0 Å². The first-order chi connectivity index (χ1) is 15.8. The van der Waals surface area contributed by atoms with Gasteiger partial charge >= 0.3 is 0 Å². The molecule has 2 aromatic carbocycles. The third-order valence-corrected chi connectivity index (χ3v) is 6.09. The van der Waals surface area contributed by atoms with Gasteiger partial charge in [0.2, 0.25) is 0 Å². The maximum atomic E-state index is 4.55. The molecule has 1 aromatic heterocycles. The zero-order valence-electron chi connectivity index (χ0n) is 19.0. The van der Waals surface area contributed by atoms with Crippen LogP contribution in [0.1, 0.15) is 29.8 Å². The summed E-state index contributed by atoms with van der Waals surface area (Å²) >= 11 is 0. The summed E-state index contributed by atoms with van der Waals surface area (Å²) in [7, 11) is 1.84. The van der Waals surface area contributed by atoms with E-state index in [1.165, 1.54) is 24.0 Å². The van der Waals surface area contributed by atoms with Crippen LogP contribution in [0.4, 0.5) is 0 Å². The number of aromatic nitrogens is 2. The van der Waals surface area contributed by atoms with Gasteiger partial charge < -0.3 is 15.2 Å². The first-order valence-electron chi connectivity index (χ1n) is 11.6. The molecule has 32 heavy (non-hydrogen) atoms. The first-order valence-corrected chi connectivity index (χ1v) is 11.6. The maximum absolute atomic E-state index is 4.55. The molecule has 1 fully saturated rings. The van der Waals surface area contributed by atoms with Crippen LogP contribution in [0.5, 0.6) is 0 Å². The second-order valence-electron chi connectivity index (χ2n) is 8.34. The molecular formula is C26H34N6. The van der Waals surface area contributed by atoms with E-state index in [0.717, 1.165) is 50.9 Å². The normalized spacial score (nSPS) is 16.9. The summed E-state index contributed by atoms with van der Waals surface area (Å²) < 4.78 is 2.22. The molecule has 6 nitrogen and oxygen atoms in total. The molecule has 1 saturated heterocycles. The van der Waals surface area contributed by atoms with E-state index >= 15 is 0 Å². The molecule has 0 bridgehead atoms. The third-order valence-electron chi connectivity index (χ3n) is 6.09. The van der Waals surface area contributed by atoms with Gasteiger partial charge in [-0.25, -0.2) is 4.98 Å². The van der Waals surface area contributed by atoms with Gasteiger partial charge in [0, 0.05) is 58.1 Å². The molecule has 168 valence electrons. The van der Waals surface area contributed by atoms with Crippen LogP contribution >= 0.6 is 0 Å². The number of rotatable bonds is 9. The van der Waals surface area contributed by atoms with Crippen molar-refractivity contribution in [2.24, 2.45) is 4.99 Å². The Labute approximate surface area is 191 Å². The molecule has 2 heterocycles. The lowest BCUT2D eigenvalue weighted by Crippen LogP contribution is -2.45. The third kappa shape index (κ3) is 6.20. The van der Waals surface area contributed by atoms with Crippen molar-refractivity contribution in [2.45, 2.75) is 38.4 Å². The Morgan fingerprint density at radius 3 is 2.44 bits per heavy atom. The SMILES string of the molecule is CN=C(NCCc1nccn1Cc1ccccc1)NCC1CCCN1Cc1ccccc1. The Morgan fingerprint density at radius 1 is 1.00 bits per heavy atom. The molecule has 6 heteroatoms. The van der Waals surface area contributed by atoms with Crippen molar-refractivity contribution in [1.82, 2.24) is 25.1 Å². The highest BCUT2D eigenvalue weighted by molar-refractivity contribution is 5.79. The second kappa shape index (κ2) is 11.5. The zero-order chi connectivity index (χ0) is 22.0. The summed E-state index contributed by atoms with van der Waals surface area (Å²) in [4.78, 5) is 11.5. The van der Waals surface area contributed by atoms with Crippen LogP contribution in [-0.4, -0.2) is 53.1 Å². The Hall–Kier alpha value is -3.12. The minimum atomic E-state index is 0.540. The molecule has 1 atom stereocenters. The lowest BCUT2D eigenvalue weighted by Gasteiger charge is -2.25. The van der Waals surface area contributed by atoms with E-state index in [2.05, 4.69) is 90.9 Å². The Bertz CT molecular complexity index is 966. The average molecular weight is 431 g/mol. The number of hydrogen-bond donors (Lipinski definition) is 2. The summed E-state index contributed by atoms with van der Waals surface area (Å²) in [6.45, 7) is 4.74. The molecular weight excluding hydrogens is 396 g/mol. The van der Waals surface area contributed by atoms with Crippen LogP contribution < -0.4 is 10.6 Å². The van der Waals surface area contributed by atoms with Crippen LogP contribution in [0.15, 0.2) is 78.0 Å². The Balaban J connectivity index is 1.22. The van der Waals surface area contributed by atoms with Gasteiger partial charge in [0.25, 0.3) is 0 Å². The Morgan fingerprint density at radius 2 is 1.72 bits per heavy atom. The topological polar surface area (TPSA) is 57.5 Å². The quantitative estimate of drug-likeness (QED) is 0.404. The first kappa shape index (κ1) is 22.1. The number of aliphatic imine (C=N–C) groups is 1. The van der Waals surface area contributed by atoms with Crippen molar-refractivity contribution in [3.05, 3.63) is 90.0 Å². The molecule has 3 aromatic rings. The molecule has 1 aliphatic rings. The van der Waals surface area contributed by atoms with Crippen LogP contribution in [-0.2, 0) is 19.5 Å². The number of hydrogen-bond acceptors (Lipinski definition) is 3. The van der Waals surface area contributed by atoms with Crippen molar-refractivity contribution in [3.8, 4) is 0 Å². The second-order valence-corrected chi connectivity index (χ2v) is 8.34. The monoisotopic (exact) mass is 430 g/mol. The van der Waals surface area contributed by atoms with Gasteiger partial charge in [0.1, 0.15) is 5.82 Å². The molecule has 4 rings (SSSR count). The molecule has 0 saturated carbocycles. The molecule has 0 radical (unpaired) electrons. The van der Waals surface area contributed by atoms with E-state index in [4.69, 9.17) is 0 Å². The molecule has 0 spiro atoms. The lowest BCUT2D eigenvalue weighted by atomic mass is 10.2. The average Bonchev–Trinajstić information content (AvgIpc) is 3.46. The summed E-state index contributed by atoms with van der Waals surface area (Å²) in [5.41, 5.74) is 2.67. The molecule has 2 N–H and O–H groups in total. The number of likely N-dealkylation sites (tertiary alicyclic amines) is 1. The predicted molar refractivity (Wildman–Crippen MR) is 131 cm³/mol. The summed E-state index contributed by atoms with van der Waals surface area (Å²) in [5, 5.41) is 6.99. The minimum Gasteiger partial charge on any atom is -0.356 e. The summed E-state index contributed by atoms with van der Waals surface area (Å²) in [6, 6.07) is 21.8. The van der Waals surface area contributed by atoms with Gasteiger partial charge in [-0.15, -0.1) is 0 Å². The van der Waals surface area contributed by atoms with Crippen molar-refractivity contribution < 1.29 is 0 Å². The highest BCUT2D eigenvalue weighted by Gasteiger charge is 2.24. The summed E-state index contributed by atoms with van der Waals surface area (Å²) in [6.07, 6.45) is 7.27. The van der Waals surface area contributed by atoms with E-state index in [1.54, 1.807) is 0 Å². The fourth-order valence-corrected chi connectivity index (χ4v) is 4.37. The highest BCUT2D eigenvalue weighted by Crippen LogP contribution is 2.19. The van der Waals surface area contributed by atoms with Crippen molar-refractivity contribution in [3.63, 3.8) is 0 Å². The number of nitrogens with one attached hydrogen (secondary N) is 2. The van der Waals surface area contributed by atoms with Crippen LogP contribution in [0.2, 0.25) is 0 Å². The molecule has 1 unspecified atom stereocenters. The largest absolute Gasteiger partial charge is 0.356 e. The van der Waals surface area contributed by atoms with E-state index in [1.807, 2.05) is 19.3 Å². The van der Waals surface area contributed by atoms with Gasteiger partial charge in [-0.05, 0) is 30.5 Å². The lowest BCUT2D eigenvalue weighted by molar-refractivity contribution is 0.245. The number of benzene rings is 2. The molecule has 0 amide bonds. The van der Waals surface area contributed by atoms with Crippen LogP contribution in [0.25, 0.3) is 0 Å². The maximum Gasteiger partial charge on any atom is 0.191 e. The highest BCUT2D eigenvalue weighted by atomic mass is 15.2. The van der Waals surface area contributed by atoms with E-state index in [9.17, 15) is 0 Å². The molecule has 0 aliphatic carbocycles. The van der Waals surface area contributed by atoms with Gasteiger partial charge in [-0.1, -0.05) is 60.7 Å². The van der Waals surface area contributed by atoms with Crippen LogP contribution in [0.3, 0.4) is 0 Å². The van der Waals surface area contributed by atoms with E-state index in [0.29, 0.717) is 6.04 Å². The van der Waals surface area contributed by atoms with E-state index in [-0.39, 0.29) is 0 Å². The van der Waals surface area contributed by atoms with Gasteiger partial charge in [-0.3, -0.25) is 9.89 Å². The minimum absolute atomic E-state index is 0.540. The van der Waals surface area contributed by atoms with Gasteiger partial charge in [0.15, 0.2) is 5.96 Å². The summed E-state index contributed by atoms with van der Waals surface area (Å²) in [5.74, 6) is 1.94. The van der Waals surface area contributed by atoms with Gasteiger partial charge in [0.05, 0.1) is 0 Å². The van der Waals surface area contributed by atoms with Crippen molar-refractivity contribution in [2.75, 3.05) is 26.7 Å². The smallest absolute Gasteiger partial charge is 0.191 e.